The zero-order valence-corrected chi connectivity index (χ0v) is 13.5. The van der Waals surface area contributed by atoms with Crippen molar-refractivity contribution in [3.8, 4) is 0 Å². The van der Waals surface area contributed by atoms with Crippen LogP contribution in [0.1, 0.15) is 24.5 Å². The molecule has 0 bridgehead atoms. The van der Waals surface area contributed by atoms with E-state index in [1.54, 1.807) is 6.07 Å². The molecule has 0 aromatic carbocycles. The summed E-state index contributed by atoms with van der Waals surface area (Å²) in [5.74, 6) is 0.0316. The third kappa shape index (κ3) is 4.63. The minimum Gasteiger partial charge on any atom is -0.353 e. The Morgan fingerprint density at radius 1 is 1.45 bits per heavy atom. The highest BCUT2D eigenvalue weighted by molar-refractivity contribution is 7.88. The van der Waals surface area contributed by atoms with Gasteiger partial charge in [0.25, 0.3) is 5.56 Å². The molecule has 1 heterocycles. The van der Waals surface area contributed by atoms with Crippen molar-refractivity contribution in [3.05, 3.63) is 28.2 Å². The lowest BCUT2D eigenvalue weighted by Crippen LogP contribution is -2.39. The van der Waals surface area contributed by atoms with Gasteiger partial charge in [0, 0.05) is 25.6 Å². The Morgan fingerprint density at radius 3 is 2.73 bits per heavy atom. The molecule has 22 heavy (non-hydrogen) atoms. The maximum Gasteiger partial charge on any atom is 0.266 e. The van der Waals surface area contributed by atoms with Gasteiger partial charge in [-0.1, -0.05) is 0 Å². The van der Waals surface area contributed by atoms with E-state index in [-0.39, 0.29) is 25.2 Å². The number of likely N-dealkylation sites (N-methyl/N-ethyl adjacent to an activating group) is 1. The lowest BCUT2D eigenvalue weighted by molar-refractivity contribution is -0.121. The molecule has 0 atom stereocenters. The van der Waals surface area contributed by atoms with Crippen LogP contribution in [0.3, 0.4) is 0 Å². The molecule has 9 heteroatoms. The SMILES string of the molecule is CN(CC(=O)NCCn1nc(C2CC2)ccc1=O)S(C)(=O)=O. The molecule has 0 unspecified atom stereocenters. The van der Waals surface area contributed by atoms with Crippen LogP contribution < -0.4 is 10.9 Å². The average Bonchev–Trinajstić information content (AvgIpc) is 3.24. The van der Waals surface area contributed by atoms with Crippen LogP contribution in [-0.4, -0.2) is 54.8 Å². The van der Waals surface area contributed by atoms with Gasteiger partial charge in [0.2, 0.25) is 15.9 Å². The standard InChI is InChI=1S/C13H20N4O4S/c1-16(22(2,20)21)9-12(18)14-7-8-17-13(19)6-5-11(15-17)10-3-4-10/h5-6,10H,3-4,7-9H2,1-2H3,(H,14,18). The van der Waals surface area contributed by atoms with Crippen LogP contribution in [0, 0.1) is 0 Å². The molecule has 122 valence electrons. The number of carbonyl (C=O) groups is 1. The predicted octanol–water partition coefficient (Wildman–Crippen LogP) is -0.872. The molecule has 1 aliphatic carbocycles. The summed E-state index contributed by atoms with van der Waals surface area (Å²) in [4.78, 5) is 23.3. The van der Waals surface area contributed by atoms with Gasteiger partial charge in [-0.3, -0.25) is 9.59 Å². The fraction of sp³-hybridized carbons (Fsp3) is 0.615. The van der Waals surface area contributed by atoms with Crippen LogP contribution in [0.25, 0.3) is 0 Å². The number of sulfonamides is 1. The molecular weight excluding hydrogens is 308 g/mol. The highest BCUT2D eigenvalue weighted by atomic mass is 32.2. The van der Waals surface area contributed by atoms with Crippen molar-refractivity contribution in [1.82, 2.24) is 19.4 Å². The summed E-state index contributed by atoms with van der Waals surface area (Å²) in [6.07, 6.45) is 3.23. The van der Waals surface area contributed by atoms with E-state index in [0.29, 0.717) is 5.92 Å². The number of amides is 1. The topological polar surface area (TPSA) is 101 Å². The van der Waals surface area contributed by atoms with Crippen molar-refractivity contribution < 1.29 is 13.2 Å². The van der Waals surface area contributed by atoms with Crippen LogP contribution in [0.4, 0.5) is 0 Å². The van der Waals surface area contributed by atoms with E-state index in [2.05, 4.69) is 10.4 Å². The molecule has 2 rings (SSSR count). The quantitative estimate of drug-likeness (QED) is 0.701. The van der Waals surface area contributed by atoms with Crippen molar-refractivity contribution in [2.24, 2.45) is 0 Å². The predicted molar refractivity (Wildman–Crippen MR) is 81.0 cm³/mol. The van der Waals surface area contributed by atoms with Gasteiger partial charge in [-0.25, -0.2) is 13.1 Å². The highest BCUT2D eigenvalue weighted by Gasteiger charge is 2.25. The molecule has 1 saturated carbocycles. The van der Waals surface area contributed by atoms with Crippen molar-refractivity contribution in [2.75, 3.05) is 26.4 Å². The molecule has 1 aromatic heterocycles. The number of carbonyl (C=O) groups excluding carboxylic acids is 1. The highest BCUT2D eigenvalue weighted by Crippen LogP contribution is 2.38. The Morgan fingerprint density at radius 2 is 2.14 bits per heavy atom. The molecular formula is C13H20N4O4S. The smallest absolute Gasteiger partial charge is 0.266 e. The summed E-state index contributed by atoms with van der Waals surface area (Å²) in [6, 6.07) is 3.23. The van der Waals surface area contributed by atoms with E-state index in [1.807, 2.05) is 0 Å². The number of aromatic nitrogens is 2. The first-order valence-electron chi connectivity index (χ1n) is 7.03. The van der Waals surface area contributed by atoms with Gasteiger partial charge >= 0.3 is 0 Å². The number of nitrogens with one attached hydrogen (secondary N) is 1. The molecule has 1 N–H and O–H groups in total. The van der Waals surface area contributed by atoms with Gasteiger partial charge in [0.05, 0.1) is 25.0 Å². The summed E-state index contributed by atoms with van der Waals surface area (Å²) in [5.41, 5.74) is 0.689. The molecule has 1 fully saturated rings. The van der Waals surface area contributed by atoms with Crippen LogP contribution in [0.5, 0.6) is 0 Å². The Hall–Kier alpha value is -1.74. The van der Waals surface area contributed by atoms with Gasteiger partial charge in [0.15, 0.2) is 0 Å². The zero-order valence-electron chi connectivity index (χ0n) is 12.7. The van der Waals surface area contributed by atoms with Crippen LogP contribution in [0.15, 0.2) is 16.9 Å². The average molecular weight is 328 g/mol. The summed E-state index contributed by atoms with van der Waals surface area (Å²) in [7, 11) is -2.05. The fourth-order valence-electron chi connectivity index (χ4n) is 1.90. The monoisotopic (exact) mass is 328 g/mol. The third-order valence-electron chi connectivity index (χ3n) is 3.46. The maximum absolute atomic E-state index is 11.7. The molecule has 1 amide bonds. The summed E-state index contributed by atoms with van der Waals surface area (Å²) in [5, 5.41) is 6.86. The van der Waals surface area contributed by atoms with Gasteiger partial charge in [0.1, 0.15) is 0 Å². The second kappa shape index (κ2) is 6.57. The third-order valence-corrected chi connectivity index (χ3v) is 4.72. The van der Waals surface area contributed by atoms with Crippen molar-refractivity contribution in [3.63, 3.8) is 0 Å². The van der Waals surface area contributed by atoms with E-state index in [0.717, 1.165) is 29.1 Å². The van der Waals surface area contributed by atoms with E-state index in [1.165, 1.54) is 17.8 Å². The first-order valence-corrected chi connectivity index (χ1v) is 8.88. The van der Waals surface area contributed by atoms with E-state index < -0.39 is 15.9 Å². The first kappa shape index (κ1) is 16.6. The Balaban J connectivity index is 1.84. The number of nitrogens with zero attached hydrogens (tertiary/aromatic N) is 3. The molecule has 8 nitrogen and oxygen atoms in total. The summed E-state index contributed by atoms with van der Waals surface area (Å²) >= 11 is 0. The Labute approximate surface area is 129 Å². The lowest BCUT2D eigenvalue weighted by atomic mass is 10.3. The van der Waals surface area contributed by atoms with Gasteiger partial charge in [-0.05, 0) is 18.9 Å². The van der Waals surface area contributed by atoms with Gasteiger partial charge in [-0.2, -0.15) is 9.40 Å². The minimum absolute atomic E-state index is 0.216. The first-order chi connectivity index (χ1) is 10.3. The van der Waals surface area contributed by atoms with E-state index in [9.17, 15) is 18.0 Å². The molecule has 1 aromatic rings. The van der Waals surface area contributed by atoms with Crippen LogP contribution in [-0.2, 0) is 21.4 Å². The zero-order chi connectivity index (χ0) is 16.3. The summed E-state index contributed by atoms with van der Waals surface area (Å²) < 4.78 is 24.7. The fourth-order valence-corrected chi connectivity index (χ4v) is 2.25. The lowest BCUT2D eigenvalue weighted by Gasteiger charge is -2.13. The largest absolute Gasteiger partial charge is 0.353 e. The molecule has 1 aliphatic rings. The van der Waals surface area contributed by atoms with Crippen LogP contribution in [0.2, 0.25) is 0 Å². The van der Waals surface area contributed by atoms with E-state index in [4.69, 9.17) is 0 Å². The summed E-state index contributed by atoms with van der Waals surface area (Å²) in [6.45, 7) is 0.231. The molecule has 0 radical (unpaired) electrons. The number of rotatable bonds is 7. The van der Waals surface area contributed by atoms with Crippen molar-refractivity contribution in [1.29, 1.82) is 0 Å². The molecule has 0 saturated heterocycles. The minimum atomic E-state index is -3.39. The van der Waals surface area contributed by atoms with Gasteiger partial charge in [-0.15, -0.1) is 0 Å². The Bertz CT molecular complexity index is 709. The maximum atomic E-state index is 11.7. The van der Waals surface area contributed by atoms with Gasteiger partial charge < -0.3 is 5.32 Å². The number of hydrogen-bond donors (Lipinski definition) is 1. The van der Waals surface area contributed by atoms with Crippen molar-refractivity contribution in [2.45, 2.75) is 25.3 Å². The molecule has 0 aliphatic heterocycles. The second-order valence-electron chi connectivity index (χ2n) is 5.46. The van der Waals surface area contributed by atoms with Crippen LogP contribution >= 0.6 is 0 Å². The molecule has 0 spiro atoms. The van der Waals surface area contributed by atoms with E-state index >= 15 is 0 Å². The number of hydrogen-bond acceptors (Lipinski definition) is 5. The van der Waals surface area contributed by atoms with Crippen molar-refractivity contribution >= 4 is 15.9 Å². The second-order valence-corrected chi connectivity index (χ2v) is 7.55. The Kier molecular flexibility index (Phi) is 4.97. The normalized spacial score (nSPS) is 15.0.